The average Bonchev–Trinajstić information content (AvgIpc) is 3.58. The number of hydrogen-bond donors (Lipinski definition) is 1. The Morgan fingerprint density at radius 2 is 1.97 bits per heavy atom. The molecule has 1 amide bonds. The van der Waals surface area contributed by atoms with Crippen molar-refractivity contribution in [2.24, 2.45) is 5.92 Å². The summed E-state index contributed by atoms with van der Waals surface area (Å²) in [5.41, 5.74) is 2.31. The molecule has 0 spiro atoms. The van der Waals surface area contributed by atoms with Gasteiger partial charge in [-0.3, -0.25) is 4.79 Å². The Bertz CT molecular complexity index is 855. The molecule has 1 saturated heterocycles. The van der Waals surface area contributed by atoms with Crippen LogP contribution < -0.4 is 19.7 Å². The molecule has 1 N–H and O–H groups in total. The summed E-state index contributed by atoms with van der Waals surface area (Å²) in [6.45, 7) is 2.45. The van der Waals surface area contributed by atoms with E-state index in [2.05, 4.69) is 84.6 Å². The molecule has 8 heteroatoms. The highest BCUT2D eigenvalue weighted by atomic mass is 127. The number of nitrogens with one attached hydrogen (secondary N) is 1. The number of carbonyl (C=O) groups is 1. The third-order valence-corrected chi connectivity index (χ3v) is 6.87. The van der Waals surface area contributed by atoms with Gasteiger partial charge in [0.25, 0.3) is 0 Å². The third kappa shape index (κ3) is 5.89. The van der Waals surface area contributed by atoms with E-state index < -0.39 is 0 Å². The number of carbonyl (C=O) groups excluding carboxylic acids is 1. The molecule has 4 rings (SSSR count). The van der Waals surface area contributed by atoms with Crippen LogP contribution in [0, 0.1) is 5.92 Å². The molecule has 1 aliphatic heterocycles. The van der Waals surface area contributed by atoms with Crippen molar-refractivity contribution in [3.8, 4) is 11.6 Å². The molecule has 1 aromatic carbocycles. The summed E-state index contributed by atoms with van der Waals surface area (Å²) < 4.78 is 13.1. The lowest BCUT2D eigenvalue weighted by atomic mass is 10.1. The van der Waals surface area contributed by atoms with Gasteiger partial charge in [-0.2, -0.15) is 0 Å². The molecular weight excluding hydrogens is 608 g/mol. The molecule has 6 nitrogen and oxygen atoms in total. The standard InChI is InChI=1S/C22H25I2N3O3/c23-10-20(26-21(28)11-24)16-3-5-17(6-4-16)27-12-19(13-27)30-18-7-8-25-22(9-18)29-14-15-1-2-15/h3-9,15,19-20H,1-2,10-14H2,(H,26,28)/t20-/m0/s1. The summed E-state index contributed by atoms with van der Waals surface area (Å²) in [6.07, 6.45) is 4.43. The van der Waals surface area contributed by atoms with Gasteiger partial charge in [0.15, 0.2) is 0 Å². The Morgan fingerprint density at radius 3 is 2.63 bits per heavy atom. The van der Waals surface area contributed by atoms with E-state index >= 15 is 0 Å². The van der Waals surface area contributed by atoms with Crippen molar-refractivity contribution in [2.75, 3.05) is 33.5 Å². The van der Waals surface area contributed by atoms with Crippen LogP contribution in [0.25, 0.3) is 0 Å². The fourth-order valence-corrected chi connectivity index (χ4v) is 4.26. The number of alkyl halides is 2. The molecule has 0 bridgehead atoms. The van der Waals surface area contributed by atoms with E-state index in [1.54, 1.807) is 6.20 Å². The van der Waals surface area contributed by atoms with Crippen LogP contribution in [0.4, 0.5) is 5.69 Å². The Morgan fingerprint density at radius 1 is 1.20 bits per heavy atom. The molecule has 1 saturated carbocycles. The van der Waals surface area contributed by atoms with Crippen LogP contribution in [0.1, 0.15) is 24.4 Å². The number of pyridine rings is 1. The van der Waals surface area contributed by atoms with Gasteiger partial charge in [0.05, 0.1) is 30.2 Å². The van der Waals surface area contributed by atoms with Crippen LogP contribution >= 0.6 is 45.2 Å². The van der Waals surface area contributed by atoms with Gasteiger partial charge in [-0.25, -0.2) is 4.98 Å². The van der Waals surface area contributed by atoms with E-state index in [0.29, 0.717) is 16.2 Å². The maximum absolute atomic E-state index is 11.7. The summed E-state index contributed by atoms with van der Waals surface area (Å²) in [5.74, 6) is 2.23. The zero-order valence-electron chi connectivity index (χ0n) is 16.6. The molecule has 0 unspecified atom stereocenters. The second kappa shape index (κ2) is 10.3. The van der Waals surface area contributed by atoms with Crippen molar-refractivity contribution >= 4 is 56.8 Å². The lowest BCUT2D eigenvalue weighted by Crippen LogP contribution is -2.54. The number of nitrogens with zero attached hydrogens (tertiary/aromatic N) is 2. The van der Waals surface area contributed by atoms with Gasteiger partial charge in [-0.1, -0.05) is 57.3 Å². The van der Waals surface area contributed by atoms with Gasteiger partial charge in [-0.05, 0) is 42.5 Å². The average molecular weight is 633 g/mol. The first kappa shape index (κ1) is 21.9. The quantitative estimate of drug-likeness (QED) is 0.315. The molecule has 160 valence electrons. The maximum atomic E-state index is 11.7. The Hall–Kier alpha value is -1.30. The first-order valence-electron chi connectivity index (χ1n) is 10.2. The third-order valence-electron chi connectivity index (χ3n) is 5.29. The highest BCUT2D eigenvalue weighted by molar-refractivity contribution is 14.1. The van der Waals surface area contributed by atoms with Crippen LogP contribution in [0.15, 0.2) is 42.6 Å². The minimum absolute atomic E-state index is 0.0532. The maximum Gasteiger partial charge on any atom is 0.230 e. The SMILES string of the molecule is O=C(CI)N[C@@H](CI)c1ccc(N2CC(Oc3ccnc(OCC4CC4)c3)C2)cc1. The molecule has 1 aromatic heterocycles. The van der Waals surface area contributed by atoms with Crippen LogP contribution in [0.2, 0.25) is 0 Å². The second-order valence-corrected chi connectivity index (χ2v) is 9.37. The number of benzene rings is 1. The smallest absolute Gasteiger partial charge is 0.230 e. The summed E-state index contributed by atoms with van der Waals surface area (Å²) in [4.78, 5) is 18.3. The zero-order valence-corrected chi connectivity index (χ0v) is 20.9. The minimum Gasteiger partial charge on any atom is -0.486 e. The number of aromatic nitrogens is 1. The predicted octanol–water partition coefficient (Wildman–Crippen LogP) is 4.17. The lowest BCUT2D eigenvalue weighted by Gasteiger charge is -2.40. The summed E-state index contributed by atoms with van der Waals surface area (Å²) in [5, 5.41) is 3.06. The van der Waals surface area contributed by atoms with Gasteiger partial charge < -0.3 is 19.7 Å². The van der Waals surface area contributed by atoms with Crippen molar-refractivity contribution in [3.63, 3.8) is 0 Å². The van der Waals surface area contributed by atoms with Crippen molar-refractivity contribution in [1.29, 1.82) is 0 Å². The number of ether oxygens (including phenoxy) is 2. The first-order chi connectivity index (χ1) is 14.6. The molecule has 2 aromatic rings. The molecule has 1 atom stereocenters. The predicted molar refractivity (Wildman–Crippen MR) is 134 cm³/mol. The highest BCUT2D eigenvalue weighted by Crippen LogP contribution is 2.30. The Labute approximate surface area is 204 Å². The van der Waals surface area contributed by atoms with E-state index in [0.717, 1.165) is 35.4 Å². The number of rotatable bonds is 10. The monoisotopic (exact) mass is 633 g/mol. The number of halogens is 2. The number of amides is 1. The fraction of sp³-hybridized carbons (Fsp3) is 0.455. The van der Waals surface area contributed by atoms with E-state index in [4.69, 9.17) is 9.47 Å². The van der Waals surface area contributed by atoms with Crippen molar-refractivity contribution in [2.45, 2.75) is 25.0 Å². The van der Waals surface area contributed by atoms with Crippen LogP contribution in [0.5, 0.6) is 11.6 Å². The lowest BCUT2D eigenvalue weighted by molar-refractivity contribution is -0.118. The topological polar surface area (TPSA) is 63.7 Å². The second-order valence-electron chi connectivity index (χ2n) is 7.73. The van der Waals surface area contributed by atoms with Gasteiger partial charge in [0.2, 0.25) is 11.8 Å². The molecule has 0 radical (unpaired) electrons. The van der Waals surface area contributed by atoms with Gasteiger partial charge >= 0.3 is 0 Å². The van der Waals surface area contributed by atoms with Gasteiger partial charge in [0, 0.05) is 22.4 Å². The van der Waals surface area contributed by atoms with Gasteiger partial charge in [-0.15, -0.1) is 0 Å². The Kier molecular flexibility index (Phi) is 7.55. The van der Waals surface area contributed by atoms with E-state index in [1.165, 1.54) is 18.5 Å². The number of anilines is 1. The largest absolute Gasteiger partial charge is 0.486 e. The molecule has 30 heavy (non-hydrogen) atoms. The van der Waals surface area contributed by atoms with Crippen molar-refractivity contribution in [1.82, 2.24) is 10.3 Å². The fourth-order valence-electron chi connectivity index (χ4n) is 3.31. The van der Waals surface area contributed by atoms with E-state index in [9.17, 15) is 4.79 Å². The molecule has 2 fully saturated rings. The summed E-state index contributed by atoms with van der Waals surface area (Å²) in [7, 11) is 0. The van der Waals surface area contributed by atoms with Crippen molar-refractivity contribution < 1.29 is 14.3 Å². The minimum atomic E-state index is 0.0532. The molecule has 2 heterocycles. The van der Waals surface area contributed by atoms with Crippen molar-refractivity contribution in [3.05, 3.63) is 48.2 Å². The Balaban J connectivity index is 1.27. The summed E-state index contributed by atoms with van der Waals surface area (Å²) >= 11 is 4.40. The molecule has 1 aliphatic carbocycles. The van der Waals surface area contributed by atoms with E-state index in [-0.39, 0.29) is 18.1 Å². The molecular formula is C22H25I2N3O3. The summed E-state index contributed by atoms with van der Waals surface area (Å²) in [6, 6.07) is 12.3. The molecule has 2 aliphatic rings. The van der Waals surface area contributed by atoms with E-state index in [1.807, 2.05) is 12.1 Å². The van der Waals surface area contributed by atoms with Gasteiger partial charge in [0.1, 0.15) is 11.9 Å². The first-order valence-corrected chi connectivity index (χ1v) is 13.2. The highest BCUT2D eigenvalue weighted by Gasteiger charge is 2.29. The van der Waals surface area contributed by atoms with Crippen LogP contribution in [0.3, 0.4) is 0 Å². The normalized spacial score (nSPS) is 17.2. The van der Waals surface area contributed by atoms with Crippen LogP contribution in [-0.2, 0) is 4.79 Å². The van der Waals surface area contributed by atoms with Crippen LogP contribution in [-0.4, -0.2) is 45.5 Å². The zero-order chi connectivity index (χ0) is 20.9. The number of hydrogen-bond acceptors (Lipinski definition) is 5.